The summed E-state index contributed by atoms with van der Waals surface area (Å²) in [4.78, 5) is 26.4. The molecule has 2 aromatic rings. The second kappa shape index (κ2) is 11.1. The zero-order valence-corrected chi connectivity index (χ0v) is 17.3. The molecule has 0 aliphatic carbocycles. The standard InChI is InChI=1S/C22H28N2O5/c1-24(14-16-8-6-5-7-9-16)15-21(25)23-18(13-22(26)29-4)17-10-11-19(27-2)20(12-17)28-3/h5-12,18H,13-15H2,1-4H3,(H,23,25). The van der Waals surface area contributed by atoms with E-state index in [0.29, 0.717) is 18.0 Å². The predicted molar refractivity (Wildman–Crippen MR) is 110 cm³/mol. The number of nitrogens with zero attached hydrogens (tertiary/aromatic N) is 1. The highest BCUT2D eigenvalue weighted by Gasteiger charge is 2.21. The van der Waals surface area contributed by atoms with E-state index in [1.54, 1.807) is 25.3 Å². The molecule has 7 heteroatoms. The van der Waals surface area contributed by atoms with Gasteiger partial charge in [0.15, 0.2) is 11.5 Å². The first-order chi connectivity index (χ1) is 14.0. The Labute approximate surface area is 171 Å². The zero-order valence-electron chi connectivity index (χ0n) is 17.3. The number of esters is 1. The number of ether oxygens (including phenoxy) is 3. The van der Waals surface area contributed by atoms with Crippen molar-refractivity contribution in [3.8, 4) is 11.5 Å². The minimum absolute atomic E-state index is 0.0140. The summed E-state index contributed by atoms with van der Waals surface area (Å²) in [6, 6.07) is 14.7. The van der Waals surface area contributed by atoms with Crippen LogP contribution in [0.5, 0.6) is 11.5 Å². The van der Waals surface area contributed by atoms with Gasteiger partial charge in [-0.1, -0.05) is 36.4 Å². The van der Waals surface area contributed by atoms with Crippen LogP contribution in [0.25, 0.3) is 0 Å². The minimum atomic E-state index is -0.542. The molecule has 1 N–H and O–H groups in total. The quantitative estimate of drug-likeness (QED) is 0.618. The van der Waals surface area contributed by atoms with Gasteiger partial charge in [-0.05, 0) is 30.3 Å². The van der Waals surface area contributed by atoms with Crippen LogP contribution in [0.2, 0.25) is 0 Å². The summed E-state index contributed by atoms with van der Waals surface area (Å²) >= 11 is 0. The highest BCUT2D eigenvalue weighted by atomic mass is 16.5. The number of carbonyl (C=O) groups excluding carboxylic acids is 2. The molecule has 2 rings (SSSR count). The summed E-state index contributed by atoms with van der Waals surface area (Å²) in [5, 5.41) is 2.93. The number of hydrogen-bond donors (Lipinski definition) is 1. The first-order valence-electron chi connectivity index (χ1n) is 9.27. The first kappa shape index (κ1) is 22.2. The van der Waals surface area contributed by atoms with Crippen LogP contribution in [0.4, 0.5) is 0 Å². The highest BCUT2D eigenvalue weighted by Crippen LogP contribution is 2.31. The Hall–Kier alpha value is -3.06. The Morgan fingerprint density at radius 1 is 1.00 bits per heavy atom. The number of rotatable bonds is 10. The molecule has 0 spiro atoms. The van der Waals surface area contributed by atoms with Gasteiger partial charge in [-0.2, -0.15) is 0 Å². The van der Waals surface area contributed by atoms with Gasteiger partial charge in [0, 0.05) is 6.54 Å². The number of nitrogens with one attached hydrogen (secondary N) is 1. The van der Waals surface area contributed by atoms with Crippen molar-refractivity contribution in [2.24, 2.45) is 0 Å². The SMILES string of the molecule is COC(=O)CC(NC(=O)CN(C)Cc1ccccc1)c1ccc(OC)c(OC)c1. The van der Waals surface area contributed by atoms with E-state index in [1.165, 1.54) is 14.2 Å². The fourth-order valence-electron chi connectivity index (χ4n) is 3.01. The van der Waals surface area contributed by atoms with Crippen LogP contribution < -0.4 is 14.8 Å². The van der Waals surface area contributed by atoms with Crippen LogP contribution in [0, 0.1) is 0 Å². The Kier molecular flexibility index (Phi) is 8.48. The average Bonchev–Trinajstić information content (AvgIpc) is 2.73. The number of amides is 1. The molecule has 0 aliphatic rings. The lowest BCUT2D eigenvalue weighted by Gasteiger charge is -2.22. The molecule has 0 fully saturated rings. The van der Waals surface area contributed by atoms with E-state index in [-0.39, 0.29) is 18.9 Å². The van der Waals surface area contributed by atoms with Crippen LogP contribution in [0.3, 0.4) is 0 Å². The second-order valence-corrected chi connectivity index (χ2v) is 6.67. The van der Waals surface area contributed by atoms with Crippen LogP contribution in [0.1, 0.15) is 23.6 Å². The maximum Gasteiger partial charge on any atom is 0.307 e. The minimum Gasteiger partial charge on any atom is -0.493 e. The fraction of sp³-hybridized carbons (Fsp3) is 0.364. The third kappa shape index (κ3) is 6.80. The van der Waals surface area contributed by atoms with Crippen molar-refractivity contribution in [3.63, 3.8) is 0 Å². The lowest BCUT2D eigenvalue weighted by atomic mass is 10.0. The summed E-state index contributed by atoms with van der Waals surface area (Å²) in [5.41, 5.74) is 1.85. The maximum absolute atomic E-state index is 12.6. The van der Waals surface area contributed by atoms with Gasteiger partial charge in [0.2, 0.25) is 5.91 Å². The Bertz CT molecular complexity index is 810. The van der Waals surface area contributed by atoms with Gasteiger partial charge in [0.05, 0.1) is 40.3 Å². The van der Waals surface area contributed by atoms with Gasteiger partial charge in [-0.25, -0.2) is 0 Å². The number of methoxy groups -OCH3 is 3. The van der Waals surface area contributed by atoms with Crippen molar-refractivity contribution in [2.75, 3.05) is 34.9 Å². The maximum atomic E-state index is 12.6. The molecule has 29 heavy (non-hydrogen) atoms. The molecule has 1 unspecified atom stereocenters. The molecule has 0 bridgehead atoms. The van der Waals surface area contributed by atoms with Gasteiger partial charge in [-0.15, -0.1) is 0 Å². The molecule has 1 amide bonds. The van der Waals surface area contributed by atoms with E-state index in [1.807, 2.05) is 42.3 Å². The van der Waals surface area contributed by atoms with Crippen LogP contribution >= 0.6 is 0 Å². The van der Waals surface area contributed by atoms with Gasteiger partial charge >= 0.3 is 5.97 Å². The van der Waals surface area contributed by atoms with Crippen molar-refractivity contribution in [1.29, 1.82) is 0 Å². The molecule has 7 nitrogen and oxygen atoms in total. The Morgan fingerprint density at radius 3 is 2.31 bits per heavy atom. The molecular formula is C22H28N2O5. The van der Waals surface area contributed by atoms with Gasteiger partial charge < -0.3 is 19.5 Å². The molecule has 0 aromatic heterocycles. The van der Waals surface area contributed by atoms with Crippen molar-refractivity contribution < 1.29 is 23.8 Å². The average molecular weight is 400 g/mol. The number of likely N-dealkylation sites (N-methyl/N-ethyl adjacent to an activating group) is 1. The summed E-state index contributed by atoms with van der Waals surface area (Å²) in [7, 11) is 6.28. The van der Waals surface area contributed by atoms with E-state index in [4.69, 9.17) is 14.2 Å². The molecular weight excluding hydrogens is 372 g/mol. The molecule has 0 heterocycles. The summed E-state index contributed by atoms with van der Waals surface area (Å²) in [6.07, 6.45) is 0.0140. The van der Waals surface area contributed by atoms with Gasteiger partial charge in [0.1, 0.15) is 0 Å². The van der Waals surface area contributed by atoms with E-state index in [2.05, 4.69) is 5.32 Å². The molecule has 0 saturated heterocycles. The molecule has 0 radical (unpaired) electrons. The van der Waals surface area contributed by atoms with Crippen LogP contribution in [-0.4, -0.2) is 51.7 Å². The third-order valence-electron chi connectivity index (χ3n) is 4.45. The first-order valence-corrected chi connectivity index (χ1v) is 9.27. The molecule has 1 atom stereocenters. The molecule has 0 aliphatic heterocycles. The van der Waals surface area contributed by atoms with Crippen LogP contribution in [-0.2, 0) is 20.9 Å². The predicted octanol–water partition coefficient (Wildman–Crippen LogP) is 2.56. The molecule has 0 saturated carbocycles. The van der Waals surface area contributed by atoms with Gasteiger partial charge in [-0.3, -0.25) is 14.5 Å². The monoisotopic (exact) mass is 400 g/mol. The summed E-state index contributed by atoms with van der Waals surface area (Å²) in [5.74, 6) is 0.493. The van der Waals surface area contributed by atoms with Crippen LogP contribution in [0.15, 0.2) is 48.5 Å². The summed E-state index contributed by atoms with van der Waals surface area (Å²) < 4.78 is 15.4. The Balaban J connectivity index is 2.09. The number of benzene rings is 2. The Morgan fingerprint density at radius 2 is 1.69 bits per heavy atom. The second-order valence-electron chi connectivity index (χ2n) is 6.67. The fourth-order valence-corrected chi connectivity index (χ4v) is 3.01. The van der Waals surface area contributed by atoms with E-state index < -0.39 is 12.0 Å². The highest BCUT2D eigenvalue weighted by molar-refractivity contribution is 5.79. The molecule has 2 aromatic carbocycles. The van der Waals surface area contributed by atoms with E-state index in [9.17, 15) is 9.59 Å². The van der Waals surface area contributed by atoms with Crippen molar-refractivity contribution in [1.82, 2.24) is 10.2 Å². The molecule has 156 valence electrons. The largest absolute Gasteiger partial charge is 0.493 e. The zero-order chi connectivity index (χ0) is 21.2. The summed E-state index contributed by atoms with van der Waals surface area (Å²) in [6.45, 7) is 0.839. The number of carbonyl (C=O) groups is 2. The van der Waals surface area contributed by atoms with E-state index >= 15 is 0 Å². The smallest absolute Gasteiger partial charge is 0.307 e. The lowest BCUT2D eigenvalue weighted by molar-refractivity contribution is -0.141. The van der Waals surface area contributed by atoms with Crippen molar-refractivity contribution >= 4 is 11.9 Å². The third-order valence-corrected chi connectivity index (χ3v) is 4.45. The topological polar surface area (TPSA) is 77.1 Å². The van der Waals surface area contributed by atoms with Crippen molar-refractivity contribution in [2.45, 2.75) is 19.0 Å². The number of hydrogen-bond acceptors (Lipinski definition) is 6. The van der Waals surface area contributed by atoms with E-state index in [0.717, 1.165) is 11.1 Å². The normalized spacial score (nSPS) is 11.6. The lowest BCUT2D eigenvalue weighted by Crippen LogP contribution is -2.37. The van der Waals surface area contributed by atoms with Gasteiger partial charge in [0.25, 0.3) is 0 Å². The van der Waals surface area contributed by atoms with Crippen molar-refractivity contribution in [3.05, 3.63) is 59.7 Å².